The van der Waals surface area contributed by atoms with Crippen molar-refractivity contribution in [1.82, 2.24) is 19.3 Å². The van der Waals surface area contributed by atoms with Crippen molar-refractivity contribution < 1.29 is 23.7 Å². The quantitative estimate of drug-likeness (QED) is 0.399. The van der Waals surface area contributed by atoms with Crippen LogP contribution in [0.4, 0.5) is 0 Å². The molecule has 0 bridgehead atoms. The number of hydrogen-bond donors (Lipinski definition) is 3. The highest BCUT2D eigenvalue weighted by molar-refractivity contribution is 8.22. The van der Waals surface area contributed by atoms with E-state index < -0.39 is 22.7 Å². The summed E-state index contributed by atoms with van der Waals surface area (Å²) in [4.78, 5) is 12.1. The fourth-order valence-electron chi connectivity index (χ4n) is 4.45. The van der Waals surface area contributed by atoms with Gasteiger partial charge in [0.2, 0.25) is 0 Å². The number of carboxylic acids is 1. The van der Waals surface area contributed by atoms with Gasteiger partial charge >= 0.3 is 5.97 Å². The van der Waals surface area contributed by atoms with Gasteiger partial charge in [-0.05, 0) is 49.1 Å². The molecule has 1 aromatic heterocycles. The summed E-state index contributed by atoms with van der Waals surface area (Å²) in [6, 6.07) is 12.9. The molecule has 9 nitrogen and oxygen atoms in total. The van der Waals surface area contributed by atoms with Crippen LogP contribution in [-0.2, 0) is 17.9 Å². The summed E-state index contributed by atoms with van der Waals surface area (Å²) in [7, 11) is -3.29. The van der Waals surface area contributed by atoms with Crippen molar-refractivity contribution >= 4 is 16.7 Å². The number of ether oxygens (including phenoxy) is 1. The maximum atomic E-state index is 11.7. The molecule has 0 aliphatic carbocycles. The third kappa shape index (κ3) is 5.20. The number of rotatable bonds is 8. The van der Waals surface area contributed by atoms with Crippen molar-refractivity contribution in [1.29, 1.82) is 0 Å². The van der Waals surface area contributed by atoms with Gasteiger partial charge in [-0.2, -0.15) is 4.31 Å². The molecule has 2 unspecified atom stereocenters. The molecule has 2 heterocycles. The van der Waals surface area contributed by atoms with Crippen LogP contribution in [0.3, 0.4) is 0 Å². The molecule has 1 aliphatic heterocycles. The molecule has 0 fully saturated rings. The lowest BCUT2D eigenvalue weighted by Crippen LogP contribution is -2.34. The first kappa shape index (κ1) is 25.2. The Balaban J connectivity index is 1.72. The first-order chi connectivity index (χ1) is 16.7. The number of hydrogen-bond acceptors (Lipinski definition) is 7. The first-order valence-electron chi connectivity index (χ1n) is 11.7. The van der Waals surface area contributed by atoms with Gasteiger partial charge in [-0.15, -0.1) is 15.9 Å². The van der Waals surface area contributed by atoms with Crippen LogP contribution in [0, 0.1) is 6.92 Å². The van der Waals surface area contributed by atoms with E-state index in [4.69, 9.17) is 4.74 Å². The first-order valence-corrected chi connectivity index (χ1v) is 13.2. The summed E-state index contributed by atoms with van der Waals surface area (Å²) < 4.78 is 32.2. The molecule has 10 heteroatoms. The van der Waals surface area contributed by atoms with E-state index in [1.54, 1.807) is 33.4 Å². The minimum Gasteiger partial charge on any atom is -0.487 e. The van der Waals surface area contributed by atoms with Gasteiger partial charge in [0.25, 0.3) is 0 Å². The Hall–Kier alpha value is -2.92. The third-order valence-corrected chi connectivity index (χ3v) is 8.39. The van der Waals surface area contributed by atoms with Gasteiger partial charge in [0, 0.05) is 19.0 Å². The summed E-state index contributed by atoms with van der Waals surface area (Å²) in [5.74, 6) is -0.852. The van der Waals surface area contributed by atoms with Gasteiger partial charge in [-0.3, -0.25) is 13.9 Å². The van der Waals surface area contributed by atoms with Crippen LogP contribution in [0.15, 0.2) is 53.6 Å². The van der Waals surface area contributed by atoms with E-state index in [1.165, 1.54) is 0 Å². The number of fused-ring (bicyclic) bond motifs is 1. The molecule has 1 aliphatic rings. The monoisotopic (exact) mass is 500 g/mol. The molecule has 2 atom stereocenters. The van der Waals surface area contributed by atoms with Crippen molar-refractivity contribution in [2.45, 2.75) is 63.6 Å². The zero-order valence-electron chi connectivity index (χ0n) is 20.2. The molecule has 0 amide bonds. The smallest absolute Gasteiger partial charge is 0.304 e. The Labute approximate surface area is 206 Å². The normalized spacial score (nSPS) is 19.3. The van der Waals surface area contributed by atoms with Gasteiger partial charge in [0.15, 0.2) is 0 Å². The lowest BCUT2D eigenvalue weighted by molar-refractivity contribution is -0.137. The van der Waals surface area contributed by atoms with E-state index in [0.717, 1.165) is 22.4 Å². The summed E-state index contributed by atoms with van der Waals surface area (Å²) in [6.07, 6.45) is 2.03. The Morgan fingerprint density at radius 2 is 2.00 bits per heavy atom. The van der Waals surface area contributed by atoms with Crippen LogP contribution in [0.1, 0.15) is 55.0 Å². The zero-order chi connectivity index (χ0) is 25.2. The standard InChI is InChI=1S/C25H32N4O5S/c1-4-20-16-28(35(32,33)24-9-7-6-8-23(24)34-20)15-19-12-18(11-10-17(19)3)21(13-25(30)31)22-14-26-27-29(22)5-2/h6-12,14,20-21,32-33H,4-5,13,15-16H2,1-3H3,(H,30,31). The van der Waals surface area contributed by atoms with E-state index in [-0.39, 0.29) is 19.1 Å². The molecular formula is C25H32N4O5S. The predicted octanol–water partition coefficient (Wildman–Crippen LogP) is 4.91. The van der Waals surface area contributed by atoms with Gasteiger partial charge in [0.05, 0.1) is 24.9 Å². The lowest BCUT2D eigenvalue weighted by Gasteiger charge is -2.42. The summed E-state index contributed by atoms with van der Waals surface area (Å²) in [5.41, 5.74) is 3.42. The number of benzene rings is 2. The highest BCUT2D eigenvalue weighted by atomic mass is 32.3. The number of aromatic nitrogens is 3. The summed E-state index contributed by atoms with van der Waals surface area (Å²) in [6.45, 7) is 7.12. The van der Waals surface area contributed by atoms with Crippen LogP contribution >= 0.6 is 10.8 Å². The zero-order valence-corrected chi connectivity index (χ0v) is 21.0. The van der Waals surface area contributed by atoms with Gasteiger partial charge in [-0.1, -0.05) is 42.5 Å². The lowest BCUT2D eigenvalue weighted by atomic mass is 9.90. The van der Waals surface area contributed by atoms with Crippen molar-refractivity contribution in [2.24, 2.45) is 0 Å². The Morgan fingerprint density at radius 3 is 2.71 bits per heavy atom. The molecule has 4 rings (SSSR count). The van der Waals surface area contributed by atoms with Gasteiger partial charge in [0.1, 0.15) is 16.7 Å². The fourth-order valence-corrected chi connectivity index (χ4v) is 6.06. The van der Waals surface area contributed by atoms with Crippen LogP contribution < -0.4 is 4.74 Å². The van der Waals surface area contributed by atoms with E-state index in [9.17, 15) is 19.0 Å². The molecule has 3 N–H and O–H groups in total. The fraction of sp³-hybridized carbons (Fsp3) is 0.400. The molecule has 2 aromatic carbocycles. The minimum absolute atomic E-state index is 0.103. The topological polar surface area (TPSA) is 121 Å². The van der Waals surface area contributed by atoms with Crippen LogP contribution in [0.25, 0.3) is 0 Å². The molecule has 3 aromatic rings. The van der Waals surface area contributed by atoms with E-state index in [2.05, 4.69) is 10.3 Å². The number of para-hydroxylation sites is 1. The minimum atomic E-state index is -3.29. The average Bonchev–Trinajstić information content (AvgIpc) is 3.27. The third-order valence-electron chi connectivity index (χ3n) is 6.47. The second-order valence-corrected chi connectivity index (χ2v) is 10.7. The van der Waals surface area contributed by atoms with Crippen LogP contribution in [0.5, 0.6) is 5.75 Å². The van der Waals surface area contributed by atoms with Crippen molar-refractivity contribution in [3.8, 4) is 5.75 Å². The second kappa shape index (κ2) is 10.4. The van der Waals surface area contributed by atoms with E-state index in [1.807, 2.05) is 45.0 Å². The summed E-state index contributed by atoms with van der Waals surface area (Å²) in [5, 5.41) is 17.7. The molecule has 188 valence electrons. The predicted molar refractivity (Wildman–Crippen MR) is 134 cm³/mol. The molecule has 0 radical (unpaired) electrons. The number of aliphatic carboxylic acids is 1. The Bertz CT molecular complexity index is 1200. The number of carboxylic acid groups (broad SMARTS) is 1. The Kier molecular flexibility index (Phi) is 7.46. The van der Waals surface area contributed by atoms with E-state index >= 15 is 0 Å². The largest absolute Gasteiger partial charge is 0.487 e. The SMILES string of the molecule is CCC1CN(Cc2cc(C(CC(=O)O)c3cnnn3CC)ccc2C)S(O)(O)c2ccccc2O1. The molecule has 0 saturated heterocycles. The number of nitrogens with zero attached hydrogens (tertiary/aromatic N) is 4. The van der Waals surface area contributed by atoms with Crippen molar-refractivity contribution in [3.05, 3.63) is 71.0 Å². The van der Waals surface area contributed by atoms with Gasteiger partial charge < -0.3 is 9.84 Å². The second-order valence-electron chi connectivity index (χ2n) is 8.75. The molecule has 0 saturated carbocycles. The van der Waals surface area contributed by atoms with Crippen molar-refractivity contribution in [3.63, 3.8) is 0 Å². The maximum Gasteiger partial charge on any atom is 0.304 e. The molecule has 35 heavy (non-hydrogen) atoms. The number of carbonyl (C=O) groups is 1. The maximum absolute atomic E-state index is 11.7. The molecule has 0 spiro atoms. The highest BCUT2D eigenvalue weighted by Crippen LogP contribution is 2.57. The van der Waals surface area contributed by atoms with E-state index in [0.29, 0.717) is 30.2 Å². The summed E-state index contributed by atoms with van der Waals surface area (Å²) >= 11 is 0. The highest BCUT2D eigenvalue weighted by Gasteiger charge is 2.35. The molecular weight excluding hydrogens is 468 g/mol. The Morgan fingerprint density at radius 1 is 1.23 bits per heavy atom. The number of aryl methyl sites for hydroxylation is 2. The van der Waals surface area contributed by atoms with Crippen LogP contribution in [-0.4, -0.2) is 52.1 Å². The van der Waals surface area contributed by atoms with Crippen LogP contribution in [0.2, 0.25) is 0 Å². The van der Waals surface area contributed by atoms with Crippen molar-refractivity contribution in [2.75, 3.05) is 6.54 Å². The van der Waals surface area contributed by atoms with Gasteiger partial charge in [-0.25, -0.2) is 4.68 Å². The average molecular weight is 501 g/mol.